The van der Waals surface area contributed by atoms with E-state index >= 15 is 0 Å². The lowest BCUT2D eigenvalue weighted by atomic mass is 10.1. The van der Waals surface area contributed by atoms with Crippen molar-refractivity contribution in [2.75, 3.05) is 23.8 Å². The summed E-state index contributed by atoms with van der Waals surface area (Å²) in [6, 6.07) is 0. The number of carboxylic acid groups (broad SMARTS) is 1. The smallest absolute Gasteiger partial charge is 0.338 e. The van der Waals surface area contributed by atoms with Crippen molar-refractivity contribution < 1.29 is 24.2 Å². The maximum atomic E-state index is 11.4. The second-order valence-corrected chi connectivity index (χ2v) is 7.58. The van der Waals surface area contributed by atoms with E-state index in [1.807, 2.05) is 67.8 Å². The monoisotopic (exact) mass is 658 g/mol. The predicted molar refractivity (Wildman–Crippen MR) is 111 cm³/mol. The molecule has 0 aromatic heterocycles. The standard InChI is InChI=1S/C11H9I3N2O4.C2H4O/c1-3(17)15-9-6(12)5(11(19)20)7(13)10(8(9)14)16-4(2)18;1-2-3-1/h1-2H3,(H,15,17)(H,16,18)(H,19,20);1-2H2. The summed E-state index contributed by atoms with van der Waals surface area (Å²) in [5.74, 6) is -1.74. The summed E-state index contributed by atoms with van der Waals surface area (Å²) in [5.41, 5.74) is 0.833. The molecule has 126 valence electrons. The molecular weight excluding hydrogens is 645 g/mol. The van der Waals surface area contributed by atoms with Crippen LogP contribution in [0.5, 0.6) is 0 Å². The Bertz CT molecular complexity index is 616. The average molecular weight is 658 g/mol. The van der Waals surface area contributed by atoms with E-state index in [1.54, 1.807) is 0 Å². The highest BCUT2D eigenvalue weighted by molar-refractivity contribution is 14.1. The van der Waals surface area contributed by atoms with E-state index in [1.165, 1.54) is 13.8 Å². The van der Waals surface area contributed by atoms with Crippen LogP contribution in [0.4, 0.5) is 11.4 Å². The van der Waals surface area contributed by atoms with Gasteiger partial charge < -0.3 is 20.5 Å². The number of hydrogen-bond donors (Lipinski definition) is 3. The van der Waals surface area contributed by atoms with Crippen molar-refractivity contribution in [3.63, 3.8) is 0 Å². The van der Waals surface area contributed by atoms with E-state index in [2.05, 4.69) is 15.4 Å². The lowest BCUT2D eigenvalue weighted by molar-refractivity contribution is -0.115. The number of carbonyl (C=O) groups excluding carboxylic acids is 2. The number of anilines is 2. The van der Waals surface area contributed by atoms with Crippen molar-refractivity contribution in [3.8, 4) is 0 Å². The molecule has 0 aliphatic carbocycles. The zero-order valence-electron chi connectivity index (χ0n) is 12.1. The van der Waals surface area contributed by atoms with Gasteiger partial charge in [-0.2, -0.15) is 0 Å². The third kappa shape index (κ3) is 6.30. The van der Waals surface area contributed by atoms with Crippen molar-refractivity contribution in [1.29, 1.82) is 0 Å². The number of carbonyl (C=O) groups is 3. The Hall–Kier alpha value is -0.220. The highest BCUT2D eigenvalue weighted by atomic mass is 127. The maximum absolute atomic E-state index is 11.4. The van der Waals surface area contributed by atoms with Gasteiger partial charge in [0.05, 0.1) is 40.9 Å². The number of amides is 2. The van der Waals surface area contributed by atoms with E-state index in [-0.39, 0.29) is 17.4 Å². The largest absolute Gasteiger partial charge is 0.478 e. The van der Waals surface area contributed by atoms with Crippen LogP contribution in [0.2, 0.25) is 0 Å². The third-order valence-electron chi connectivity index (χ3n) is 2.34. The molecule has 3 N–H and O–H groups in total. The van der Waals surface area contributed by atoms with Crippen LogP contribution in [0.1, 0.15) is 24.2 Å². The van der Waals surface area contributed by atoms with Crippen molar-refractivity contribution >= 4 is 96.9 Å². The molecule has 0 radical (unpaired) electrons. The van der Waals surface area contributed by atoms with Crippen LogP contribution in [0.25, 0.3) is 0 Å². The van der Waals surface area contributed by atoms with Gasteiger partial charge in [-0.05, 0) is 67.8 Å². The van der Waals surface area contributed by atoms with Crippen molar-refractivity contribution in [2.45, 2.75) is 13.8 Å². The minimum atomic E-state index is -1.12. The minimum absolute atomic E-state index is 0.0547. The zero-order valence-corrected chi connectivity index (χ0v) is 18.6. The quantitative estimate of drug-likeness (QED) is 0.342. The van der Waals surface area contributed by atoms with E-state index in [0.717, 1.165) is 13.2 Å². The number of rotatable bonds is 3. The summed E-state index contributed by atoms with van der Waals surface area (Å²) in [6.07, 6.45) is 0. The van der Waals surface area contributed by atoms with E-state index in [4.69, 9.17) is 0 Å². The topological polar surface area (TPSA) is 108 Å². The number of hydrogen-bond acceptors (Lipinski definition) is 4. The van der Waals surface area contributed by atoms with Crippen LogP contribution in [-0.2, 0) is 14.3 Å². The van der Waals surface area contributed by atoms with E-state index in [9.17, 15) is 19.5 Å². The summed E-state index contributed by atoms with van der Waals surface area (Å²) in [7, 11) is 0. The van der Waals surface area contributed by atoms with Gasteiger partial charge in [0, 0.05) is 13.8 Å². The van der Waals surface area contributed by atoms with Crippen LogP contribution >= 0.6 is 67.8 Å². The molecule has 0 unspecified atom stereocenters. The van der Waals surface area contributed by atoms with E-state index < -0.39 is 5.97 Å². The highest BCUT2D eigenvalue weighted by Gasteiger charge is 2.25. The van der Waals surface area contributed by atoms with Gasteiger partial charge in [-0.15, -0.1) is 0 Å². The average Bonchev–Trinajstić information content (AvgIpc) is 3.27. The SMILES string of the molecule is C1CO1.CC(=O)Nc1c(I)c(NC(C)=O)c(I)c(C(=O)O)c1I. The van der Waals surface area contributed by atoms with Gasteiger partial charge in [0.15, 0.2) is 0 Å². The number of benzene rings is 1. The Morgan fingerprint density at radius 2 is 1.26 bits per heavy atom. The van der Waals surface area contributed by atoms with Gasteiger partial charge in [-0.25, -0.2) is 4.79 Å². The van der Waals surface area contributed by atoms with Crippen molar-refractivity contribution in [1.82, 2.24) is 0 Å². The number of epoxide rings is 1. The predicted octanol–water partition coefficient (Wildman–Crippen LogP) is 3.13. The Morgan fingerprint density at radius 1 is 0.913 bits per heavy atom. The van der Waals surface area contributed by atoms with Gasteiger partial charge in [0.2, 0.25) is 11.8 Å². The first-order chi connectivity index (χ1) is 10.7. The van der Waals surface area contributed by atoms with Crippen LogP contribution in [0.3, 0.4) is 0 Å². The molecule has 23 heavy (non-hydrogen) atoms. The Balaban J connectivity index is 0.000000784. The first kappa shape index (κ1) is 20.8. The Kier molecular flexibility index (Phi) is 8.43. The maximum Gasteiger partial charge on any atom is 0.338 e. The molecule has 0 spiro atoms. The molecule has 1 saturated heterocycles. The summed E-state index contributed by atoms with van der Waals surface area (Å²) >= 11 is 5.71. The minimum Gasteiger partial charge on any atom is -0.478 e. The Morgan fingerprint density at radius 3 is 1.48 bits per heavy atom. The molecule has 10 heteroatoms. The fourth-order valence-corrected chi connectivity index (χ4v) is 5.59. The zero-order chi connectivity index (χ0) is 17.7. The number of aromatic carboxylic acids is 1. The summed E-state index contributed by atoms with van der Waals surface area (Å²) in [5, 5.41) is 14.5. The molecule has 1 fully saturated rings. The number of carboxylic acids is 1. The molecule has 2 amide bonds. The van der Waals surface area contributed by atoms with Crippen LogP contribution in [0, 0.1) is 10.7 Å². The number of halogens is 3. The molecule has 0 atom stereocenters. The molecule has 1 aliphatic rings. The van der Waals surface area contributed by atoms with Crippen molar-refractivity contribution in [3.05, 3.63) is 16.3 Å². The van der Waals surface area contributed by atoms with Gasteiger partial charge in [-0.1, -0.05) is 0 Å². The molecule has 1 heterocycles. The van der Waals surface area contributed by atoms with Gasteiger partial charge in [0.25, 0.3) is 0 Å². The second kappa shape index (κ2) is 9.31. The molecule has 1 aliphatic heterocycles. The molecule has 2 rings (SSSR count). The molecule has 0 saturated carbocycles. The summed E-state index contributed by atoms with van der Waals surface area (Å²) < 4.78 is 5.94. The molecular formula is C13H13I3N2O5. The fourth-order valence-electron chi connectivity index (χ4n) is 1.42. The number of nitrogens with one attached hydrogen (secondary N) is 2. The molecule has 0 bridgehead atoms. The number of ether oxygens (including phenoxy) is 1. The van der Waals surface area contributed by atoms with Crippen LogP contribution in [-0.4, -0.2) is 36.1 Å². The summed E-state index contributed by atoms with van der Waals surface area (Å²) in [4.78, 5) is 33.9. The van der Waals surface area contributed by atoms with Crippen LogP contribution < -0.4 is 10.6 Å². The van der Waals surface area contributed by atoms with E-state index in [0.29, 0.717) is 22.1 Å². The van der Waals surface area contributed by atoms with Gasteiger partial charge in [0.1, 0.15) is 0 Å². The highest BCUT2D eigenvalue weighted by Crippen LogP contribution is 2.38. The third-order valence-corrected chi connectivity index (χ3v) is 5.57. The lowest BCUT2D eigenvalue weighted by Gasteiger charge is -2.17. The molecule has 1 aromatic rings. The van der Waals surface area contributed by atoms with Gasteiger partial charge >= 0.3 is 5.97 Å². The Labute approximate surface area is 173 Å². The fraction of sp³-hybridized carbons (Fsp3) is 0.308. The molecule has 7 nitrogen and oxygen atoms in total. The summed E-state index contributed by atoms with van der Waals surface area (Å²) in [6.45, 7) is 4.67. The molecule has 1 aromatic carbocycles. The van der Waals surface area contributed by atoms with Crippen LogP contribution in [0.15, 0.2) is 0 Å². The first-order valence-corrected chi connectivity index (χ1v) is 9.47. The second-order valence-electron chi connectivity index (χ2n) is 4.35. The van der Waals surface area contributed by atoms with Gasteiger partial charge in [-0.3, -0.25) is 9.59 Å². The normalized spacial score (nSPS) is 11.9. The lowest BCUT2D eigenvalue weighted by Crippen LogP contribution is -2.17. The first-order valence-electron chi connectivity index (χ1n) is 6.23. The van der Waals surface area contributed by atoms with Crippen molar-refractivity contribution in [2.24, 2.45) is 0 Å².